The van der Waals surface area contributed by atoms with Gasteiger partial charge in [0.15, 0.2) is 11.6 Å². The number of rotatable bonds is 4. The minimum atomic E-state index is -3.50. The van der Waals surface area contributed by atoms with Crippen LogP contribution in [-0.4, -0.2) is 47.5 Å². The molecule has 11 heteroatoms. The molecule has 0 saturated heterocycles. The van der Waals surface area contributed by atoms with Crippen molar-refractivity contribution in [1.29, 1.82) is 0 Å². The number of allylic oxidation sites excluding steroid dienone is 3. The summed E-state index contributed by atoms with van der Waals surface area (Å²) in [5.41, 5.74) is 5.55. The van der Waals surface area contributed by atoms with E-state index in [0.29, 0.717) is 11.1 Å². The van der Waals surface area contributed by atoms with E-state index in [9.17, 15) is 38.1 Å². The maximum Gasteiger partial charge on any atom is 0.255 e. The second-order valence-electron chi connectivity index (χ2n) is 8.45. The number of carbonyl (C=O) groups is 3. The summed E-state index contributed by atoms with van der Waals surface area (Å²) < 4.78 is 25.4. The van der Waals surface area contributed by atoms with Crippen LogP contribution in [0.2, 0.25) is 0 Å². The molecule has 0 heterocycles. The number of hydrogen-bond acceptors (Lipinski definition) is 8. The summed E-state index contributed by atoms with van der Waals surface area (Å²) in [4.78, 5) is 37.7. The van der Waals surface area contributed by atoms with Crippen LogP contribution in [0.1, 0.15) is 34.3 Å². The van der Waals surface area contributed by atoms with Crippen molar-refractivity contribution in [2.24, 2.45) is 23.5 Å². The van der Waals surface area contributed by atoms with Crippen LogP contribution < -0.4 is 10.5 Å². The van der Waals surface area contributed by atoms with Gasteiger partial charge in [-0.1, -0.05) is 6.07 Å². The topological polar surface area (TPSA) is 184 Å². The molecule has 170 valence electrons. The second-order valence-corrected chi connectivity index (χ2v) is 10.3. The van der Waals surface area contributed by atoms with Crippen LogP contribution >= 0.6 is 0 Å². The number of ketones is 2. The Morgan fingerprint density at radius 3 is 2.50 bits per heavy atom. The number of phenols is 1. The third-order valence-corrected chi connectivity index (χ3v) is 7.06. The van der Waals surface area contributed by atoms with E-state index in [1.54, 1.807) is 0 Å². The first-order chi connectivity index (χ1) is 14.9. The first-order valence-electron chi connectivity index (χ1n) is 9.92. The summed E-state index contributed by atoms with van der Waals surface area (Å²) in [5, 5.41) is 31.5. The quantitative estimate of drug-likeness (QED) is 0.401. The largest absolute Gasteiger partial charge is 0.511 e. The maximum atomic E-state index is 13.3. The molecular weight excluding hydrogens is 440 g/mol. The van der Waals surface area contributed by atoms with Crippen molar-refractivity contribution in [3.8, 4) is 5.75 Å². The Bertz CT molecular complexity index is 1240. The van der Waals surface area contributed by atoms with Crippen LogP contribution in [0.3, 0.4) is 0 Å². The summed E-state index contributed by atoms with van der Waals surface area (Å²) in [6, 6.07) is 2.80. The Morgan fingerprint density at radius 2 is 1.88 bits per heavy atom. The summed E-state index contributed by atoms with van der Waals surface area (Å²) in [5.74, 6) is -6.04. The summed E-state index contributed by atoms with van der Waals surface area (Å²) in [7, 11) is -3.50. The number of aromatic hydroxyl groups is 1. The zero-order valence-electron chi connectivity index (χ0n) is 17.1. The SMILES string of the molecule is CS(=O)(=O)NCc1ccc(O)c2c1C[C@H]1CC3CC(O)=C(C(N)=O)C(=O)C3C(O)=C1C2=O. The summed E-state index contributed by atoms with van der Waals surface area (Å²) in [6.07, 6.45) is 1.45. The molecule has 1 aromatic carbocycles. The van der Waals surface area contributed by atoms with Crippen molar-refractivity contribution in [3.63, 3.8) is 0 Å². The van der Waals surface area contributed by atoms with Crippen LogP contribution in [-0.2, 0) is 32.6 Å². The molecule has 3 atom stereocenters. The van der Waals surface area contributed by atoms with Crippen LogP contribution in [0.4, 0.5) is 0 Å². The molecule has 32 heavy (non-hydrogen) atoms. The van der Waals surface area contributed by atoms with Gasteiger partial charge in [0.05, 0.1) is 17.7 Å². The molecule has 0 aliphatic heterocycles. The molecule has 3 aliphatic rings. The number of carbonyl (C=O) groups excluding carboxylic acids is 3. The van der Waals surface area contributed by atoms with Gasteiger partial charge in [-0.05, 0) is 41.9 Å². The molecule has 0 saturated carbocycles. The number of Topliss-reactive ketones (excluding diaryl/α,β-unsaturated/α-hetero) is 2. The van der Waals surface area contributed by atoms with Gasteiger partial charge in [0.25, 0.3) is 5.91 Å². The van der Waals surface area contributed by atoms with Gasteiger partial charge in [0, 0.05) is 18.5 Å². The molecule has 6 N–H and O–H groups in total. The number of aliphatic hydroxyl groups excluding tert-OH is 2. The Morgan fingerprint density at radius 1 is 1.19 bits per heavy atom. The van der Waals surface area contributed by atoms with Crippen molar-refractivity contribution in [2.45, 2.75) is 25.8 Å². The second kappa shape index (κ2) is 7.45. The van der Waals surface area contributed by atoms with E-state index >= 15 is 0 Å². The lowest BCUT2D eigenvalue weighted by atomic mass is 9.62. The highest BCUT2D eigenvalue weighted by Gasteiger charge is 2.50. The number of primary amides is 1. The molecule has 0 radical (unpaired) electrons. The number of nitrogens with two attached hydrogens (primary N) is 1. The number of nitrogens with one attached hydrogen (secondary N) is 1. The molecule has 4 rings (SSSR count). The number of sulfonamides is 1. The lowest BCUT2D eigenvalue weighted by Crippen LogP contribution is -2.43. The Labute approximate surface area is 183 Å². The maximum absolute atomic E-state index is 13.3. The lowest BCUT2D eigenvalue weighted by molar-refractivity contribution is -0.126. The third-order valence-electron chi connectivity index (χ3n) is 6.39. The molecule has 0 aromatic heterocycles. The summed E-state index contributed by atoms with van der Waals surface area (Å²) >= 11 is 0. The van der Waals surface area contributed by atoms with Crippen LogP contribution in [0.5, 0.6) is 5.75 Å². The predicted molar refractivity (Wildman–Crippen MR) is 111 cm³/mol. The van der Waals surface area contributed by atoms with Gasteiger partial charge in [-0.25, -0.2) is 13.1 Å². The fourth-order valence-corrected chi connectivity index (χ4v) is 5.50. The molecule has 2 unspecified atom stereocenters. The lowest BCUT2D eigenvalue weighted by Gasteiger charge is -2.41. The molecule has 0 spiro atoms. The minimum absolute atomic E-state index is 0.0131. The number of aliphatic hydroxyl groups is 2. The highest BCUT2D eigenvalue weighted by atomic mass is 32.2. The van der Waals surface area contributed by atoms with Gasteiger partial charge < -0.3 is 21.1 Å². The van der Waals surface area contributed by atoms with E-state index in [0.717, 1.165) is 6.26 Å². The van der Waals surface area contributed by atoms with E-state index in [-0.39, 0.29) is 42.7 Å². The number of phenolic OH excluding ortho intramolecular Hbond substituents is 1. The number of amides is 1. The van der Waals surface area contributed by atoms with E-state index < -0.39 is 62.3 Å². The molecule has 3 aliphatic carbocycles. The highest BCUT2D eigenvalue weighted by molar-refractivity contribution is 7.88. The third kappa shape index (κ3) is 3.47. The van der Waals surface area contributed by atoms with Crippen molar-refractivity contribution in [3.05, 3.63) is 51.5 Å². The standard InChI is InChI=1S/C21H22N2O8S/c1-32(30,31)23-7-8-2-3-12(24)16-11(8)5-9-4-10-6-13(25)17(21(22)29)20(28)15(10)18(26)14(9)19(16)27/h2-3,9-10,15,23-26H,4-7H2,1H3,(H2,22,29)/t9-,10?,15?/m1/s1. The monoisotopic (exact) mass is 462 g/mol. The van der Waals surface area contributed by atoms with E-state index in [4.69, 9.17) is 5.73 Å². The van der Waals surface area contributed by atoms with Gasteiger partial charge in [0.2, 0.25) is 10.0 Å². The number of fused-ring (bicyclic) bond motifs is 3. The molecule has 1 aromatic rings. The van der Waals surface area contributed by atoms with Crippen molar-refractivity contribution >= 4 is 27.5 Å². The average Bonchev–Trinajstić information content (AvgIpc) is 2.65. The van der Waals surface area contributed by atoms with E-state index in [2.05, 4.69) is 4.72 Å². The van der Waals surface area contributed by atoms with Crippen LogP contribution in [0.25, 0.3) is 0 Å². The predicted octanol–water partition coefficient (Wildman–Crippen LogP) is 0.515. The first-order valence-corrected chi connectivity index (χ1v) is 11.8. The van der Waals surface area contributed by atoms with Crippen molar-refractivity contribution in [2.75, 3.05) is 6.26 Å². The fourth-order valence-electron chi connectivity index (χ4n) is 5.08. The van der Waals surface area contributed by atoms with Gasteiger partial charge in [-0.15, -0.1) is 0 Å². The van der Waals surface area contributed by atoms with Gasteiger partial charge in [-0.2, -0.15) is 0 Å². The van der Waals surface area contributed by atoms with Crippen LogP contribution in [0.15, 0.2) is 34.8 Å². The van der Waals surface area contributed by atoms with Gasteiger partial charge in [0.1, 0.15) is 22.8 Å². The number of hydrogen-bond donors (Lipinski definition) is 5. The fraction of sp³-hybridized carbons (Fsp3) is 0.381. The van der Waals surface area contributed by atoms with Crippen molar-refractivity contribution in [1.82, 2.24) is 4.72 Å². The van der Waals surface area contributed by atoms with E-state index in [1.165, 1.54) is 12.1 Å². The van der Waals surface area contributed by atoms with Gasteiger partial charge >= 0.3 is 0 Å². The molecular formula is C21H22N2O8S. The zero-order chi connectivity index (χ0) is 23.5. The zero-order valence-corrected chi connectivity index (χ0v) is 17.9. The van der Waals surface area contributed by atoms with Crippen LogP contribution in [0, 0.1) is 17.8 Å². The molecule has 0 fully saturated rings. The van der Waals surface area contributed by atoms with Crippen molar-refractivity contribution < 1.29 is 38.1 Å². The minimum Gasteiger partial charge on any atom is -0.511 e. The Balaban J connectivity index is 1.80. The Kier molecular flexibility index (Phi) is 5.13. The van der Waals surface area contributed by atoms with E-state index in [1.807, 2.05) is 0 Å². The Hall–Kier alpha value is -3.18. The molecule has 10 nitrogen and oxygen atoms in total. The normalized spacial score (nSPS) is 25.3. The van der Waals surface area contributed by atoms with Gasteiger partial charge in [-0.3, -0.25) is 14.4 Å². The smallest absolute Gasteiger partial charge is 0.255 e. The molecule has 0 bridgehead atoms. The average molecular weight is 462 g/mol. The molecule has 1 amide bonds. The number of benzene rings is 1. The highest BCUT2D eigenvalue weighted by Crippen LogP contribution is 2.49. The first kappa shape index (κ1) is 22.0. The summed E-state index contributed by atoms with van der Waals surface area (Å²) in [6.45, 7) is -0.0808.